The molecule has 0 aliphatic carbocycles. The van der Waals surface area contributed by atoms with Gasteiger partial charge in [-0.2, -0.15) is 0 Å². The Morgan fingerprint density at radius 2 is 2.00 bits per heavy atom. The predicted octanol–water partition coefficient (Wildman–Crippen LogP) is 2.38. The van der Waals surface area contributed by atoms with Crippen molar-refractivity contribution in [1.82, 2.24) is 0 Å². The first kappa shape index (κ1) is 11.5. The molecule has 1 atom stereocenters. The molecular formula is C13H14O4. The van der Waals surface area contributed by atoms with Crippen LogP contribution in [-0.4, -0.2) is 19.3 Å². The average Bonchev–Trinajstić information content (AvgIpc) is 2.91. The Kier molecular flexibility index (Phi) is 3.35. The second kappa shape index (κ2) is 4.93. The quantitative estimate of drug-likeness (QED) is 0.882. The van der Waals surface area contributed by atoms with Crippen LogP contribution in [0.5, 0.6) is 11.5 Å². The van der Waals surface area contributed by atoms with Gasteiger partial charge in [-0.3, -0.25) is 0 Å². The van der Waals surface area contributed by atoms with E-state index in [9.17, 15) is 5.11 Å². The summed E-state index contributed by atoms with van der Waals surface area (Å²) in [5.74, 6) is 1.72. The van der Waals surface area contributed by atoms with E-state index in [1.165, 1.54) is 6.26 Å². The van der Waals surface area contributed by atoms with Crippen molar-refractivity contribution < 1.29 is 19.0 Å². The van der Waals surface area contributed by atoms with Crippen LogP contribution in [-0.2, 0) is 0 Å². The molecule has 4 nitrogen and oxygen atoms in total. The van der Waals surface area contributed by atoms with Gasteiger partial charge in [0.15, 0.2) is 0 Å². The molecule has 0 radical (unpaired) electrons. The minimum absolute atomic E-state index is 0.469. The van der Waals surface area contributed by atoms with E-state index in [2.05, 4.69) is 0 Å². The van der Waals surface area contributed by atoms with Crippen LogP contribution in [0.15, 0.2) is 41.0 Å². The van der Waals surface area contributed by atoms with Gasteiger partial charge in [0.25, 0.3) is 0 Å². The molecular weight excluding hydrogens is 220 g/mol. The first-order valence-corrected chi connectivity index (χ1v) is 5.19. The zero-order valence-corrected chi connectivity index (χ0v) is 9.71. The standard InChI is InChI=1S/C13H14O4/c1-15-9-5-6-11(16-2)10(8-9)13(14)12-4-3-7-17-12/h3-8,13-14H,1-2H3. The van der Waals surface area contributed by atoms with Gasteiger partial charge in [0.2, 0.25) is 0 Å². The van der Waals surface area contributed by atoms with Crippen molar-refractivity contribution in [1.29, 1.82) is 0 Å². The van der Waals surface area contributed by atoms with Crippen molar-refractivity contribution in [3.05, 3.63) is 47.9 Å². The molecule has 4 heteroatoms. The number of hydrogen-bond acceptors (Lipinski definition) is 4. The minimum atomic E-state index is -0.866. The van der Waals surface area contributed by atoms with E-state index in [1.807, 2.05) is 0 Å². The predicted molar refractivity (Wildman–Crippen MR) is 62.3 cm³/mol. The summed E-state index contributed by atoms with van der Waals surface area (Å²) >= 11 is 0. The Bertz CT molecular complexity index is 476. The maximum atomic E-state index is 10.2. The second-order valence-electron chi connectivity index (χ2n) is 3.53. The van der Waals surface area contributed by atoms with Gasteiger partial charge in [0, 0.05) is 5.56 Å². The van der Waals surface area contributed by atoms with Gasteiger partial charge < -0.3 is 19.0 Å². The summed E-state index contributed by atoms with van der Waals surface area (Å²) < 4.78 is 15.5. The lowest BCUT2D eigenvalue weighted by Gasteiger charge is -2.14. The molecule has 1 aromatic heterocycles. The van der Waals surface area contributed by atoms with Crippen LogP contribution in [0.1, 0.15) is 17.4 Å². The summed E-state index contributed by atoms with van der Waals surface area (Å²) in [5.41, 5.74) is 0.613. The van der Waals surface area contributed by atoms with E-state index >= 15 is 0 Å². The molecule has 1 heterocycles. The topological polar surface area (TPSA) is 51.8 Å². The third-order valence-electron chi connectivity index (χ3n) is 2.54. The summed E-state index contributed by atoms with van der Waals surface area (Å²) in [5, 5.41) is 10.2. The van der Waals surface area contributed by atoms with Crippen LogP contribution in [0.2, 0.25) is 0 Å². The monoisotopic (exact) mass is 234 g/mol. The molecule has 0 amide bonds. The maximum Gasteiger partial charge on any atom is 0.140 e. The number of benzene rings is 1. The summed E-state index contributed by atoms with van der Waals surface area (Å²) in [6.45, 7) is 0. The minimum Gasteiger partial charge on any atom is -0.497 e. The lowest BCUT2D eigenvalue weighted by Crippen LogP contribution is -2.01. The average molecular weight is 234 g/mol. The number of ether oxygens (including phenoxy) is 2. The highest BCUT2D eigenvalue weighted by atomic mass is 16.5. The smallest absolute Gasteiger partial charge is 0.140 e. The SMILES string of the molecule is COc1ccc(OC)c(C(O)c2ccco2)c1. The molecule has 2 rings (SSSR count). The molecule has 0 aliphatic rings. The first-order chi connectivity index (χ1) is 8.26. The lowest BCUT2D eigenvalue weighted by atomic mass is 10.1. The van der Waals surface area contributed by atoms with E-state index in [1.54, 1.807) is 44.6 Å². The van der Waals surface area contributed by atoms with Gasteiger partial charge >= 0.3 is 0 Å². The van der Waals surface area contributed by atoms with Crippen molar-refractivity contribution in [2.24, 2.45) is 0 Å². The maximum absolute atomic E-state index is 10.2. The van der Waals surface area contributed by atoms with Gasteiger partial charge in [-0.1, -0.05) is 0 Å². The number of methoxy groups -OCH3 is 2. The van der Waals surface area contributed by atoms with E-state index in [0.29, 0.717) is 22.8 Å². The molecule has 0 saturated heterocycles. The van der Waals surface area contributed by atoms with Gasteiger partial charge in [0.05, 0.1) is 20.5 Å². The fourth-order valence-corrected chi connectivity index (χ4v) is 1.65. The Morgan fingerprint density at radius 3 is 2.59 bits per heavy atom. The highest BCUT2D eigenvalue weighted by Crippen LogP contribution is 2.33. The van der Waals surface area contributed by atoms with Gasteiger partial charge in [-0.15, -0.1) is 0 Å². The molecule has 0 bridgehead atoms. The van der Waals surface area contributed by atoms with Crippen LogP contribution in [0, 0.1) is 0 Å². The molecule has 2 aromatic rings. The van der Waals surface area contributed by atoms with Crippen LogP contribution >= 0.6 is 0 Å². The highest BCUT2D eigenvalue weighted by molar-refractivity contribution is 5.43. The fraction of sp³-hybridized carbons (Fsp3) is 0.231. The first-order valence-electron chi connectivity index (χ1n) is 5.19. The summed E-state index contributed by atoms with van der Waals surface area (Å²) in [4.78, 5) is 0. The molecule has 1 N–H and O–H groups in total. The van der Waals surface area contributed by atoms with Crippen molar-refractivity contribution >= 4 is 0 Å². The number of aliphatic hydroxyl groups is 1. The molecule has 1 unspecified atom stereocenters. The Morgan fingerprint density at radius 1 is 1.18 bits per heavy atom. The number of aliphatic hydroxyl groups excluding tert-OH is 1. The van der Waals surface area contributed by atoms with Gasteiger partial charge in [0.1, 0.15) is 23.4 Å². The third-order valence-corrected chi connectivity index (χ3v) is 2.54. The molecule has 0 saturated carbocycles. The number of hydrogen-bond donors (Lipinski definition) is 1. The van der Waals surface area contributed by atoms with Crippen molar-refractivity contribution in [3.63, 3.8) is 0 Å². The summed E-state index contributed by atoms with van der Waals surface area (Å²) in [6.07, 6.45) is 0.653. The van der Waals surface area contributed by atoms with Crippen molar-refractivity contribution in [2.75, 3.05) is 14.2 Å². The lowest BCUT2D eigenvalue weighted by molar-refractivity contribution is 0.184. The molecule has 0 spiro atoms. The van der Waals surface area contributed by atoms with Crippen LogP contribution < -0.4 is 9.47 Å². The zero-order valence-electron chi connectivity index (χ0n) is 9.71. The number of rotatable bonds is 4. The van der Waals surface area contributed by atoms with E-state index < -0.39 is 6.10 Å². The van der Waals surface area contributed by atoms with Crippen LogP contribution in [0.25, 0.3) is 0 Å². The Balaban J connectivity index is 2.41. The van der Waals surface area contributed by atoms with Crippen LogP contribution in [0.3, 0.4) is 0 Å². The van der Waals surface area contributed by atoms with Crippen molar-refractivity contribution in [3.8, 4) is 11.5 Å². The van der Waals surface area contributed by atoms with Crippen molar-refractivity contribution in [2.45, 2.75) is 6.10 Å². The van der Waals surface area contributed by atoms with E-state index in [0.717, 1.165) is 0 Å². The zero-order chi connectivity index (χ0) is 12.3. The molecule has 0 aliphatic heterocycles. The normalized spacial score (nSPS) is 12.2. The molecule has 17 heavy (non-hydrogen) atoms. The third kappa shape index (κ3) is 2.26. The van der Waals surface area contributed by atoms with E-state index in [-0.39, 0.29) is 0 Å². The Labute approximate surface area is 99.4 Å². The molecule has 0 fully saturated rings. The summed E-state index contributed by atoms with van der Waals surface area (Å²) in [7, 11) is 3.13. The molecule has 90 valence electrons. The van der Waals surface area contributed by atoms with Gasteiger partial charge in [-0.25, -0.2) is 0 Å². The Hall–Kier alpha value is -1.94. The summed E-state index contributed by atoms with van der Waals surface area (Å²) in [6, 6.07) is 8.69. The second-order valence-corrected chi connectivity index (χ2v) is 3.53. The van der Waals surface area contributed by atoms with E-state index in [4.69, 9.17) is 13.9 Å². The fourth-order valence-electron chi connectivity index (χ4n) is 1.65. The van der Waals surface area contributed by atoms with Crippen LogP contribution in [0.4, 0.5) is 0 Å². The largest absolute Gasteiger partial charge is 0.497 e. The van der Waals surface area contributed by atoms with Gasteiger partial charge in [-0.05, 0) is 30.3 Å². The molecule has 1 aromatic carbocycles. The highest BCUT2D eigenvalue weighted by Gasteiger charge is 2.18. The number of furan rings is 1.